The predicted molar refractivity (Wildman–Crippen MR) is 132 cm³/mol. The average molecular weight is 499 g/mol. The summed E-state index contributed by atoms with van der Waals surface area (Å²) in [5.41, 5.74) is 9.01. The molecular formula is C25H25F3N6O2. The number of benzene rings is 2. The van der Waals surface area contributed by atoms with Crippen LogP contribution in [0.4, 0.5) is 35.9 Å². The molecule has 0 fully saturated rings. The predicted octanol–water partition coefficient (Wildman–Crippen LogP) is 4.72. The van der Waals surface area contributed by atoms with Gasteiger partial charge in [-0.1, -0.05) is 18.2 Å². The molecule has 0 bridgehead atoms. The summed E-state index contributed by atoms with van der Waals surface area (Å²) in [5.74, 6) is -0.628. The van der Waals surface area contributed by atoms with Gasteiger partial charge >= 0.3 is 6.18 Å². The number of nitrogens with one attached hydrogen (secondary N) is 3. The number of nitrogen functional groups attached to an aromatic ring is 1. The molecule has 5 N–H and O–H groups in total. The molecule has 0 aliphatic heterocycles. The number of pyridine rings is 1. The van der Waals surface area contributed by atoms with Gasteiger partial charge in [0.15, 0.2) is 0 Å². The van der Waals surface area contributed by atoms with Crippen LogP contribution < -0.4 is 16.4 Å². The molecule has 1 aromatic heterocycles. The van der Waals surface area contributed by atoms with E-state index in [9.17, 15) is 22.8 Å². The van der Waals surface area contributed by atoms with Gasteiger partial charge in [0.2, 0.25) is 12.3 Å². The standard InChI is InChI=1S/C25H25F3N6O2/c1-15-17(5-3-8-22(15)32-20-10-21(30)24(16(2)29)31-11-20)12-34(14-35)13-23(36)33-19-7-4-6-18(9-19)25(26,27)28/h3-11,14,29,32H,12-13,30H2,1-2H3,(H,33,36). The summed E-state index contributed by atoms with van der Waals surface area (Å²) in [6.45, 7) is 3.20. The van der Waals surface area contributed by atoms with Gasteiger partial charge in [-0.05, 0) is 55.3 Å². The van der Waals surface area contributed by atoms with E-state index < -0.39 is 17.6 Å². The van der Waals surface area contributed by atoms with Crippen LogP contribution in [-0.2, 0) is 22.3 Å². The highest BCUT2D eigenvalue weighted by Crippen LogP contribution is 2.30. The minimum Gasteiger partial charge on any atom is -0.397 e. The fourth-order valence-electron chi connectivity index (χ4n) is 3.52. The summed E-state index contributed by atoms with van der Waals surface area (Å²) < 4.78 is 38.7. The van der Waals surface area contributed by atoms with Crippen molar-refractivity contribution >= 4 is 40.8 Å². The lowest BCUT2D eigenvalue weighted by atomic mass is 10.1. The third-order valence-electron chi connectivity index (χ3n) is 5.34. The number of amides is 2. The van der Waals surface area contributed by atoms with E-state index in [-0.39, 0.29) is 24.5 Å². The lowest BCUT2D eigenvalue weighted by Crippen LogP contribution is -2.32. The number of anilines is 4. The van der Waals surface area contributed by atoms with Crippen molar-refractivity contribution in [1.29, 1.82) is 5.41 Å². The van der Waals surface area contributed by atoms with Gasteiger partial charge in [0.25, 0.3) is 0 Å². The molecule has 3 rings (SSSR count). The van der Waals surface area contributed by atoms with Gasteiger partial charge in [-0.25, -0.2) is 0 Å². The molecule has 11 heteroatoms. The second kappa shape index (κ2) is 10.9. The number of halogens is 3. The number of aromatic nitrogens is 1. The number of nitrogens with zero attached hydrogens (tertiary/aromatic N) is 2. The quantitative estimate of drug-likeness (QED) is 0.251. The number of carbonyl (C=O) groups is 2. The van der Waals surface area contributed by atoms with E-state index >= 15 is 0 Å². The third kappa shape index (κ3) is 6.59. The lowest BCUT2D eigenvalue weighted by molar-refractivity contribution is -0.137. The number of carbonyl (C=O) groups excluding carboxylic acids is 2. The van der Waals surface area contributed by atoms with Crippen molar-refractivity contribution in [3.05, 3.63) is 77.1 Å². The van der Waals surface area contributed by atoms with Gasteiger partial charge in [0.05, 0.1) is 35.4 Å². The Morgan fingerprint density at radius 2 is 1.89 bits per heavy atom. The summed E-state index contributed by atoms with van der Waals surface area (Å²) in [4.78, 5) is 29.4. The third-order valence-corrected chi connectivity index (χ3v) is 5.34. The van der Waals surface area contributed by atoms with Gasteiger partial charge in [0.1, 0.15) is 5.69 Å². The minimum absolute atomic E-state index is 0.0137. The summed E-state index contributed by atoms with van der Waals surface area (Å²) in [6, 6.07) is 11.4. The van der Waals surface area contributed by atoms with E-state index in [1.165, 1.54) is 17.0 Å². The molecule has 3 aromatic rings. The van der Waals surface area contributed by atoms with Gasteiger partial charge in [-0.15, -0.1) is 0 Å². The van der Waals surface area contributed by atoms with Crippen molar-refractivity contribution in [2.24, 2.45) is 0 Å². The number of hydrogen-bond acceptors (Lipinski definition) is 6. The summed E-state index contributed by atoms with van der Waals surface area (Å²) in [7, 11) is 0. The highest BCUT2D eigenvalue weighted by Gasteiger charge is 2.30. The van der Waals surface area contributed by atoms with E-state index in [1.807, 2.05) is 13.0 Å². The smallest absolute Gasteiger partial charge is 0.397 e. The monoisotopic (exact) mass is 498 g/mol. The zero-order valence-corrected chi connectivity index (χ0v) is 19.6. The Hall–Kier alpha value is -4.41. The van der Waals surface area contributed by atoms with Gasteiger partial charge in [0, 0.05) is 17.9 Å². The molecule has 188 valence electrons. The van der Waals surface area contributed by atoms with Crippen LogP contribution >= 0.6 is 0 Å². The largest absolute Gasteiger partial charge is 0.416 e. The molecule has 0 aliphatic rings. The maximum absolute atomic E-state index is 12.9. The summed E-state index contributed by atoms with van der Waals surface area (Å²) in [5, 5.41) is 13.3. The topological polar surface area (TPSA) is 124 Å². The Morgan fingerprint density at radius 1 is 1.17 bits per heavy atom. The molecule has 0 atom stereocenters. The normalized spacial score (nSPS) is 11.0. The molecule has 0 saturated heterocycles. The van der Waals surface area contributed by atoms with E-state index in [1.54, 1.807) is 31.3 Å². The van der Waals surface area contributed by atoms with Crippen molar-refractivity contribution < 1.29 is 22.8 Å². The second-order valence-electron chi connectivity index (χ2n) is 8.14. The van der Waals surface area contributed by atoms with Crippen LogP contribution in [0.25, 0.3) is 0 Å². The fraction of sp³-hybridized carbons (Fsp3) is 0.200. The van der Waals surface area contributed by atoms with Crippen LogP contribution in [0.15, 0.2) is 54.7 Å². The number of alkyl halides is 3. The maximum atomic E-state index is 12.9. The Morgan fingerprint density at radius 3 is 2.53 bits per heavy atom. The van der Waals surface area contributed by atoms with Crippen LogP contribution in [0.5, 0.6) is 0 Å². The SMILES string of the molecule is CC(=N)c1ncc(Nc2cccc(CN(C=O)CC(=O)Nc3cccc(C(F)(F)F)c3)c2C)cc1N. The summed E-state index contributed by atoms with van der Waals surface area (Å²) >= 11 is 0. The highest BCUT2D eigenvalue weighted by atomic mass is 19.4. The van der Waals surface area contributed by atoms with Crippen LogP contribution in [0, 0.1) is 12.3 Å². The summed E-state index contributed by atoms with van der Waals surface area (Å²) in [6.07, 6.45) is -2.46. The van der Waals surface area contributed by atoms with Crippen LogP contribution in [-0.4, -0.2) is 34.5 Å². The molecule has 0 radical (unpaired) electrons. The Balaban J connectivity index is 1.69. The Kier molecular flexibility index (Phi) is 7.93. The number of rotatable bonds is 9. The fourth-order valence-corrected chi connectivity index (χ4v) is 3.52. The molecule has 1 heterocycles. The Bertz CT molecular complexity index is 1290. The number of nitrogens with two attached hydrogens (primary N) is 1. The van der Waals surface area contributed by atoms with Crippen molar-refractivity contribution in [2.75, 3.05) is 22.9 Å². The van der Waals surface area contributed by atoms with Gasteiger partial charge < -0.3 is 26.7 Å². The van der Waals surface area contributed by atoms with Crippen LogP contribution in [0.2, 0.25) is 0 Å². The van der Waals surface area contributed by atoms with E-state index in [0.29, 0.717) is 23.5 Å². The zero-order valence-electron chi connectivity index (χ0n) is 19.6. The lowest BCUT2D eigenvalue weighted by Gasteiger charge is -2.20. The molecule has 0 aliphatic carbocycles. The molecule has 2 amide bonds. The van der Waals surface area contributed by atoms with Crippen molar-refractivity contribution in [3.8, 4) is 0 Å². The first-order chi connectivity index (χ1) is 17.0. The Labute approximate surface area is 205 Å². The van der Waals surface area contributed by atoms with Crippen molar-refractivity contribution in [3.63, 3.8) is 0 Å². The van der Waals surface area contributed by atoms with Crippen LogP contribution in [0.1, 0.15) is 29.3 Å². The van der Waals surface area contributed by atoms with Crippen molar-refractivity contribution in [1.82, 2.24) is 9.88 Å². The first kappa shape index (κ1) is 26.2. The molecule has 36 heavy (non-hydrogen) atoms. The van der Waals surface area contributed by atoms with Crippen molar-refractivity contribution in [2.45, 2.75) is 26.6 Å². The molecular weight excluding hydrogens is 473 g/mol. The number of hydrogen-bond donors (Lipinski definition) is 4. The molecule has 0 unspecified atom stereocenters. The first-order valence-corrected chi connectivity index (χ1v) is 10.8. The molecule has 8 nitrogen and oxygen atoms in total. The minimum atomic E-state index is -4.53. The van der Waals surface area contributed by atoms with Gasteiger partial charge in [-0.3, -0.25) is 14.6 Å². The average Bonchev–Trinajstić information content (AvgIpc) is 2.80. The van der Waals surface area contributed by atoms with Crippen LogP contribution in [0.3, 0.4) is 0 Å². The maximum Gasteiger partial charge on any atom is 0.416 e. The van der Waals surface area contributed by atoms with E-state index in [2.05, 4.69) is 15.6 Å². The van der Waals surface area contributed by atoms with Gasteiger partial charge in [-0.2, -0.15) is 13.2 Å². The molecule has 0 spiro atoms. The first-order valence-electron chi connectivity index (χ1n) is 10.8. The zero-order chi connectivity index (χ0) is 26.5. The molecule has 2 aromatic carbocycles. The second-order valence-corrected chi connectivity index (χ2v) is 8.14. The van der Waals surface area contributed by atoms with E-state index in [4.69, 9.17) is 11.1 Å². The molecule has 0 saturated carbocycles. The van der Waals surface area contributed by atoms with E-state index in [0.717, 1.165) is 28.9 Å². The highest BCUT2D eigenvalue weighted by molar-refractivity contribution is 5.99.